The third-order valence-electron chi connectivity index (χ3n) is 2.87. The molecule has 0 bridgehead atoms. The number of hydrogen-bond acceptors (Lipinski definition) is 3. The highest BCUT2D eigenvalue weighted by molar-refractivity contribution is 9.10. The van der Waals surface area contributed by atoms with Gasteiger partial charge in [-0.05, 0) is 22.0 Å². The summed E-state index contributed by atoms with van der Waals surface area (Å²) in [5.41, 5.74) is 0. The first-order valence-electron chi connectivity index (χ1n) is 5.51. The van der Waals surface area contributed by atoms with E-state index in [2.05, 4.69) is 37.2 Å². The zero-order valence-corrected chi connectivity index (χ0v) is 12.3. The molecule has 1 fully saturated rings. The summed E-state index contributed by atoms with van der Waals surface area (Å²) in [4.78, 5) is 6.40. The third-order valence-corrected chi connectivity index (χ3v) is 4.72. The normalized spacial score (nSPS) is 19.1. The van der Waals surface area contributed by atoms with Crippen LogP contribution >= 0.6 is 38.9 Å². The molecule has 0 atom stereocenters. The van der Waals surface area contributed by atoms with Gasteiger partial charge in [-0.15, -0.1) is 22.9 Å². The molecule has 1 aromatic heterocycles. The zero-order chi connectivity index (χ0) is 11.4. The minimum Gasteiger partial charge on any atom is -0.300 e. The van der Waals surface area contributed by atoms with Crippen molar-refractivity contribution in [1.82, 2.24) is 9.80 Å². The fraction of sp³-hybridized carbons (Fsp3) is 0.636. The molecule has 0 aromatic carbocycles. The van der Waals surface area contributed by atoms with Gasteiger partial charge < -0.3 is 0 Å². The molecule has 0 spiro atoms. The molecule has 5 heteroatoms. The lowest BCUT2D eigenvalue weighted by Crippen LogP contribution is -2.46. The fourth-order valence-electron chi connectivity index (χ4n) is 1.95. The SMILES string of the molecule is ClCCN1CCN(Cc2cc(Br)cs2)CC1. The molecular formula is C11H16BrClN2S. The molecule has 1 aromatic rings. The maximum atomic E-state index is 5.74. The standard InChI is InChI=1S/C11H16BrClN2S/c12-10-7-11(16-9-10)8-15-5-3-14(2-1-13)4-6-15/h7,9H,1-6,8H2. The smallest absolute Gasteiger partial charge is 0.0351 e. The van der Waals surface area contributed by atoms with Crippen LogP contribution in [0.5, 0.6) is 0 Å². The molecule has 0 amide bonds. The van der Waals surface area contributed by atoms with E-state index in [0.717, 1.165) is 45.1 Å². The molecule has 0 unspecified atom stereocenters. The van der Waals surface area contributed by atoms with Crippen LogP contribution in [0.1, 0.15) is 4.88 Å². The molecule has 2 nitrogen and oxygen atoms in total. The maximum absolute atomic E-state index is 5.74. The lowest BCUT2D eigenvalue weighted by Gasteiger charge is -2.34. The van der Waals surface area contributed by atoms with Gasteiger partial charge in [-0.1, -0.05) is 0 Å². The first kappa shape index (κ1) is 12.8. The van der Waals surface area contributed by atoms with E-state index in [1.54, 1.807) is 0 Å². The van der Waals surface area contributed by atoms with Crippen LogP contribution in [0.25, 0.3) is 0 Å². The predicted molar refractivity (Wildman–Crippen MR) is 74.5 cm³/mol. The number of halogens is 2. The maximum Gasteiger partial charge on any atom is 0.0351 e. The van der Waals surface area contributed by atoms with Gasteiger partial charge in [0.25, 0.3) is 0 Å². The van der Waals surface area contributed by atoms with Gasteiger partial charge in [0.05, 0.1) is 0 Å². The van der Waals surface area contributed by atoms with E-state index in [1.807, 2.05) is 11.3 Å². The van der Waals surface area contributed by atoms with Crippen LogP contribution < -0.4 is 0 Å². The topological polar surface area (TPSA) is 6.48 Å². The number of hydrogen-bond donors (Lipinski definition) is 0. The molecule has 0 radical (unpaired) electrons. The largest absolute Gasteiger partial charge is 0.300 e. The molecule has 1 aliphatic heterocycles. The molecule has 2 heterocycles. The number of nitrogens with zero attached hydrogens (tertiary/aromatic N) is 2. The fourth-order valence-corrected chi connectivity index (χ4v) is 3.68. The van der Waals surface area contributed by atoms with Gasteiger partial charge in [0.1, 0.15) is 0 Å². The number of rotatable bonds is 4. The summed E-state index contributed by atoms with van der Waals surface area (Å²) in [5.74, 6) is 0.748. The van der Waals surface area contributed by atoms with Crippen molar-refractivity contribution in [3.8, 4) is 0 Å². The second kappa shape index (κ2) is 6.36. The van der Waals surface area contributed by atoms with Crippen molar-refractivity contribution >= 4 is 38.9 Å². The second-order valence-corrected chi connectivity index (χ2v) is 6.33. The van der Waals surface area contributed by atoms with E-state index in [-0.39, 0.29) is 0 Å². The average molecular weight is 324 g/mol. The van der Waals surface area contributed by atoms with Crippen LogP contribution in [0.3, 0.4) is 0 Å². The summed E-state index contributed by atoms with van der Waals surface area (Å²) in [6.07, 6.45) is 0. The quantitative estimate of drug-likeness (QED) is 0.786. The van der Waals surface area contributed by atoms with E-state index in [1.165, 1.54) is 9.35 Å². The zero-order valence-electron chi connectivity index (χ0n) is 9.16. The van der Waals surface area contributed by atoms with Gasteiger partial charge in [-0.2, -0.15) is 0 Å². The molecule has 1 saturated heterocycles. The van der Waals surface area contributed by atoms with Crippen LogP contribution in [-0.4, -0.2) is 48.4 Å². The number of thiophene rings is 1. The second-order valence-electron chi connectivity index (χ2n) is 4.04. The Hall–Kier alpha value is 0.390. The Balaban J connectivity index is 1.77. The Bertz CT molecular complexity index is 324. The van der Waals surface area contributed by atoms with Crippen LogP contribution in [-0.2, 0) is 6.54 Å². The van der Waals surface area contributed by atoms with Gasteiger partial charge in [0.2, 0.25) is 0 Å². The van der Waals surface area contributed by atoms with Crippen molar-refractivity contribution in [2.45, 2.75) is 6.54 Å². The monoisotopic (exact) mass is 322 g/mol. The Labute approximate surface area is 114 Å². The molecule has 0 aliphatic carbocycles. The minimum atomic E-state index is 0.748. The predicted octanol–water partition coefficient (Wildman–Crippen LogP) is 2.87. The van der Waals surface area contributed by atoms with E-state index in [9.17, 15) is 0 Å². The average Bonchev–Trinajstić information content (AvgIpc) is 2.67. The van der Waals surface area contributed by atoms with E-state index in [0.29, 0.717) is 0 Å². The number of alkyl halides is 1. The third kappa shape index (κ3) is 3.70. The molecule has 1 aliphatic rings. The number of piperazine rings is 1. The van der Waals surface area contributed by atoms with Crippen molar-refractivity contribution in [2.75, 3.05) is 38.6 Å². The lowest BCUT2D eigenvalue weighted by atomic mass is 10.3. The van der Waals surface area contributed by atoms with Crippen molar-refractivity contribution in [2.24, 2.45) is 0 Å². The Morgan fingerprint density at radius 3 is 2.50 bits per heavy atom. The Morgan fingerprint density at radius 1 is 1.25 bits per heavy atom. The first-order chi connectivity index (χ1) is 7.78. The first-order valence-corrected chi connectivity index (χ1v) is 7.72. The van der Waals surface area contributed by atoms with Gasteiger partial charge in [-0.3, -0.25) is 9.80 Å². The van der Waals surface area contributed by atoms with Gasteiger partial charge in [0.15, 0.2) is 0 Å². The summed E-state index contributed by atoms with van der Waals surface area (Å²) in [6.45, 7) is 6.74. The van der Waals surface area contributed by atoms with Crippen molar-refractivity contribution in [3.05, 3.63) is 20.8 Å². The van der Waals surface area contributed by atoms with Gasteiger partial charge in [-0.25, -0.2) is 0 Å². The summed E-state index contributed by atoms with van der Waals surface area (Å²) in [6, 6.07) is 2.22. The highest BCUT2D eigenvalue weighted by Crippen LogP contribution is 2.21. The minimum absolute atomic E-state index is 0.748. The summed E-state index contributed by atoms with van der Waals surface area (Å²) >= 11 is 11.1. The molecule has 16 heavy (non-hydrogen) atoms. The Kier molecular flexibility index (Phi) is 5.10. The molecule has 0 saturated carbocycles. The molecule has 90 valence electrons. The summed E-state index contributed by atoms with van der Waals surface area (Å²) < 4.78 is 1.20. The highest BCUT2D eigenvalue weighted by Gasteiger charge is 2.16. The Morgan fingerprint density at radius 2 is 1.94 bits per heavy atom. The van der Waals surface area contributed by atoms with Gasteiger partial charge >= 0.3 is 0 Å². The summed E-state index contributed by atoms with van der Waals surface area (Å²) in [5, 5.41) is 2.15. The molecule has 0 N–H and O–H groups in total. The van der Waals surface area contributed by atoms with E-state index >= 15 is 0 Å². The van der Waals surface area contributed by atoms with Crippen molar-refractivity contribution in [1.29, 1.82) is 0 Å². The van der Waals surface area contributed by atoms with E-state index in [4.69, 9.17) is 11.6 Å². The van der Waals surface area contributed by atoms with Crippen LogP contribution in [0, 0.1) is 0 Å². The van der Waals surface area contributed by atoms with E-state index < -0.39 is 0 Å². The molecular weight excluding hydrogens is 308 g/mol. The molecule has 2 rings (SSSR count). The van der Waals surface area contributed by atoms with Crippen molar-refractivity contribution < 1.29 is 0 Å². The van der Waals surface area contributed by atoms with Crippen LogP contribution in [0.2, 0.25) is 0 Å². The van der Waals surface area contributed by atoms with Crippen LogP contribution in [0.4, 0.5) is 0 Å². The van der Waals surface area contributed by atoms with Gasteiger partial charge in [0, 0.05) is 59.9 Å². The lowest BCUT2D eigenvalue weighted by molar-refractivity contribution is 0.133. The summed E-state index contributed by atoms with van der Waals surface area (Å²) in [7, 11) is 0. The highest BCUT2D eigenvalue weighted by atomic mass is 79.9. The van der Waals surface area contributed by atoms with Crippen molar-refractivity contribution in [3.63, 3.8) is 0 Å². The van der Waals surface area contributed by atoms with Crippen LogP contribution in [0.15, 0.2) is 15.9 Å².